The summed E-state index contributed by atoms with van der Waals surface area (Å²) in [7, 11) is 3.75. The molecule has 1 saturated heterocycles. The number of hydrogen-bond acceptors (Lipinski definition) is 4. The van der Waals surface area contributed by atoms with E-state index in [0.717, 1.165) is 19.0 Å². The van der Waals surface area contributed by atoms with Crippen molar-refractivity contribution < 1.29 is 4.74 Å². The fraction of sp³-hybridized carbons (Fsp3) is 0.769. The Morgan fingerprint density at radius 2 is 2.44 bits per heavy atom. The van der Waals surface area contributed by atoms with Crippen LogP contribution in [0.15, 0.2) is 12.4 Å². The summed E-state index contributed by atoms with van der Waals surface area (Å²) in [5.41, 5.74) is 0. The summed E-state index contributed by atoms with van der Waals surface area (Å²) in [5.74, 6) is 1.08. The van der Waals surface area contributed by atoms with Crippen LogP contribution in [0.5, 0.6) is 0 Å². The molecule has 0 spiro atoms. The predicted molar refractivity (Wildman–Crippen MR) is 73.1 cm³/mol. The molecular weight excluding hydrogens is 228 g/mol. The quantitative estimate of drug-likeness (QED) is 0.828. The summed E-state index contributed by atoms with van der Waals surface area (Å²) < 4.78 is 7.46. The van der Waals surface area contributed by atoms with Crippen LogP contribution < -0.4 is 10.2 Å². The van der Waals surface area contributed by atoms with E-state index in [9.17, 15) is 0 Å². The molecule has 0 aliphatic carbocycles. The fourth-order valence-electron chi connectivity index (χ4n) is 2.74. The molecule has 1 aliphatic rings. The van der Waals surface area contributed by atoms with E-state index in [1.807, 2.05) is 19.4 Å². The van der Waals surface area contributed by atoms with Gasteiger partial charge in [-0.1, -0.05) is 0 Å². The molecule has 2 unspecified atom stereocenters. The molecule has 18 heavy (non-hydrogen) atoms. The number of hydrogen-bond donors (Lipinski definition) is 1. The molecule has 0 aromatic carbocycles. The topological polar surface area (TPSA) is 42.3 Å². The van der Waals surface area contributed by atoms with Gasteiger partial charge < -0.3 is 19.5 Å². The Kier molecular flexibility index (Phi) is 4.60. The second-order valence-corrected chi connectivity index (χ2v) is 4.99. The van der Waals surface area contributed by atoms with Crippen molar-refractivity contribution in [1.82, 2.24) is 14.9 Å². The third kappa shape index (κ3) is 2.67. The molecule has 1 aliphatic heterocycles. The van der Waals surface area contributed by atoms with Crippen molar-refractivity contribution in [2.75, 3.05) is 38.8 Å². The third-order valence-corrected chi connectivity index (χ3v) is 3.60. The minimum atomic E-state index is 0.323. The van der Waals surface area contributed by atoms with Crippen molar-refractivity contribution in [3.63, 3.8) is 0 Å². The van der Waals surface area contributed by atoms with Gasteiger partial charge in [-0.3, -0.25) is 0 Å². The van der Waals surface area contributed by atoms with Gasteiger partial charge in [0.15, 0.2) is 0 Å². The molecule has 1 aromatic heterocycles. The number of ether oxygens (including phenoxy) is 1. The number of nitrogens with one attached hydrogen (secondary N) is 1. The van der Waals surface area contributed by atoms with E-state index in [0.29, 0.717) is 18.7 Å². The molecule has 0 saturated carbocycles. The van der Waals surface area contributed by atoms with Crippen LogP contribution >= 0.6 is 0 Å². The molecule has 102 valence electrons. The molecule has 1 fully saturated rings. The first-order valence-electron chi connectivity index (χ1n) is 6.71. The van der Waals surface area contributed by atoms with Gasteiger partial charge in [-0.05, 0) is 26.8 Å². The number of aromatic nitrogens is 2. The number of anilines is 1. The van der Waals surface area contributed by atoms with Crippen LogP contribution in [0.1, 0.15) is 25.8 Å². The SMILES string of the molecule is CNCC1CCCN1c1nccn1C(C)COC. The molecule has 5 heteroatoms. The van der Waals surface area contributed by atoms with Crippen molar-refractivity contribution in [1.29, 1.82) is 0 Å². The van der Waals surface area contributed by atoms with Crippen LogP contribution in [0.3, 0.4) is 0 Å². The van der Waals surface area contributed by atoms with E-state index in [2.05, 4.69) is 26.7 Å². The van der Waals surface area contributed by atoms with Crippen molar-refractivity contribution in [3.8, 4) is 0 Å². The van der Waals surface area contributed by atoms with Crippen LogP contribution in [0.2, 0.25) is 0 Å². The van der Waals surface area contributed by atoms with Gasteiger partial charge in [-0.2, -0.15) is 0 Å². The molecule has 2 atom stereocenters. The Morgan fingerprint density at radius 3 is 3.17 bits per heavy atom. The molecule has 2 heterocycles. The molecule has 2 rings (SSSR count). The summed E-state index contributed by atoms with van der Waals surface area (Å²) in [5, 5.41) is 3.27. The second kappa shape index (κ2) is 6.20. The Morgan fingerprint density at radius 1 is 1.61 bits per heavy atom. The molecule has 0 bridgehead atoms. The average molecular weight is 252 g/mol. The van der Waals surface area contributed by atoms with Crippen LogP contribution in [-0.2, 0) is 4.74 Å². The smallest absolute Gasteiger partial charge is 0.206 e. The van der Waals surface area contributed by atoms with Gasteiger partial charge in [0.05, 0.1) is 12.6 Å². The zero-order valence-electron chi connectivity index (χ0n) is 11.6. The molecule has 0 amide bonds. The van der Waals surface area contributed by atoms with Gasteiger partial charge in [0.2, 0.25) is 5.95 Å². The lowest BCUT2D eigenvalue weighted by molar-refractivity contribution is 0.162. The van der Waals surface area contributed by atoms with E-state index < -0.39 is 0 Å². The van der Waals surface area contributed by atoms with Crippen molar-refractivity contribution in [3.05, 3.63) is 12.4 Å². The summed E-state index contributed by atoms with van der Waals surface area (Å²) >= 11 is 0. The standard InChI is InChI=1S/C13H24N4O/c1-11(10-18-3)16-8-6-15-13(16)17-7-4-5-12(17)9-14-2/h6,8,11-12,14H,4-5,7,9-10H2,1-3H3. The minimum absolute atomic E-state index is 0.323. The van der Waals surface area contributed by atoms with Crippen LogP contribution in [0, 0.1) is 0 Å². The third-order valence-electron chi connectivity index (χ3n) is 3.60. The van der Waals surface area contributed by atoms with Crippen molar-refractivity contribution >= 4 is 5.95 Å². The summed E-state index contributed by atoms with van der Waals surface area (Å²) in [4.78, 5) is 6.96. The predicted octanol–water partition coefficient (Wildman–Crippen LogP) is 1.28. The van der Waals surface area contributed by atoms with Gasteiger partial charge in [0, 0.05) is 38.6 Å². The fourth-order valence-corrected chi connectivity index (χ4v) is 2.74. The van der Waals surface area contributed by atoms with E-state index in [1.165, 1.54) is 12.8 Å². The maximum absolute atomic E-state index is 5.24. The van der Waals surface area contributed by atoms with Gasteiger partial charge >= 0.3 is 0 Å². The summed E-state index contributed by atoms with van der Waals surface area (Å²) in [6.07, 6.45) is 6.42. The summed E-state index contributed by atoms with van der Waals surface area (Å²) in [6, 6.07) is 0.884. The van der Waals surface area contributed by atoms with Crippen LogP contribution in [0.25, 0.3) is 0 Å². The van der Waals surface area contributed by atoms with Gasteiger partial charge in [-0.25, -0.2) is 4.98 Å². The Bertz CT molecular complexity index is 366. The molecule has 1 N–H and O–H groups in total. The molecule has 5 nitrogen and oxygen atoms in total. The average Bonchev–Trinajstić information content (AvgIpc) is 2.96. The molecular formula is C13H24N4O. The highest BCUT2D eigenvalue weighted by Gasteiger charge is 2.27. The Balaban J connectivity index is 2.15. The number of likely N-dealkylation sites (N-methyl/N-ethyl adjacent to an activating group) is 1. The monoisotopic (exact) mass is 252 g/mol. The first-order chi connectivity index (χ1) is 8.77. The number of imidazole rings is 1. The van der Waals surface area contributed by atoms with E-state index in [4.69, 9.17) is 4.74 Å². The zero-order valence-corrected chi connectivity index (χ0v) is 11.6. The highest BCUT2D eigenvalue weighted by atomic mass is 16.5. The van der Waals surface area contributed by atoms with Crippen LogP contribution in [-0.4, -0.2) is 49.4 Å². The minimum Gasteiger partial charge on any atom is -0.383 e. The maximum Gasteiger partial charge on any atom is 0.206 e. The first-order valence-corrected chi connectivity index (χ1v) is 6.71. The lowest BCUT2D eigenvalue weighted by atomic mass is 10.2. The van der Waals surface area contributed by atoms with E-state index in [1.54, 1.807) is 7.11 Å². The highest BCUT2D eigenvalue weighted by Crippen LogP contribution is 2.26. The summed E-state index contributed by atoms with van der Waals surface area (Å²) in [6.45, 7) is 5.00. The van der Waals surface area contributed by atoms with E-state index >= 15 is 0 Å². The lowest BCUT2D eigenvalue weighted by Gasteiger charge is -2.28. The highest BCUT2D eigenvalue weighted by molar-refractivity contribution is 5.35. The normalized spacial score (nSPS) is 21.5. The van der Waals surface area contributed by atoms with Crippen LogP contribution in [0.4, 0.5) is 5.95 Å². The number of rotatable bonds is 6. The Hall–Kier alpha value is -1.07. The zero-order chi connectivity index (χ0) is 13.0. The van der Waals surface area contributed by atoms with Crippen molar-refractivity contribution in [2.45, 2.75) is 31.8 Å². The number of nitrogens with zero attached hydrogens (tertiary/aromatic N) is 3. The Labute approximate surface area is 109 Å². The van der Waals surface area contributed by atoms with Crippen molar-refractivity contribution in [2.24, 2.45) is 0 Å². The molecule has 1 aromatic rings. The molecule has 0 radical (unpaired) electrons. The number of methoxy groups -OCH3 is 1. The van der Waals surface area contributed by atoms with E-state index in [-0.39, 0.29) is 0 Å². The first kappa shape index (κ1) is 13.4. The lowest BCUT2D eigenvalue weighted by Crippen LogP contribution is -2.38. The van der Waals surface area contributed by atoms with Gasteiger partial charge in [-0.15, -0.1) is 0 Å². The largest absolute Gasteiger partial charge is 0.383 e. The van der Waals surface area contributed by atoms with Gasteiger partial charge in [0.25, 0.3) is 0 Å². The maximum atomic E-state index is 5.24. The van der Waals surface area contributed by atoms with Gasteiger partial charge in [0.1, 0.15) is 0 Å². The second-order valence-electron chi connectivity index (χ2n) is 4.99.